The second-order valence-electron chi connectivity index (χ2n) is 9.24. The van der Waals surface area contributed by atoms with Crippen LogP contribution in [0.3, 0.4) is 0 Å². The molecule has 2 saturated carbocycles. The quantitative estimate of drug-likeness (QED) is 0.403. The number of carbonyl (C=O) groups excluding carboxylic acids is 1. The van der Waals surface area contributed by atoms with Gasteiger partial charge in [-0.05, 0) is 50.7 Å². The molecule has 0 aromatic carbocycles. The summed E-state index contributed by atoms with van der Waals surface area (Å²) < 4.78 is 8.55. The van der Waals surface area contributed by atoms with E-state index in [9.17, 15) is 14.7 Å². The first kappa shape index (κ1) is 23.3. The van der Waals surface area contributed by atoms with E-state index in [0.29, 0.717) is 35.0 Å². The number of aliphatic hydroxyl groups is 1. The minimum absolute atomic E-state index is 0.0428. The molecule has 2 aliphatic rings. The van der Waals surface area contributed by atoms with Crippen LogP contribution in [0, 0.1) is 0 Å². The summed E-state index contributed by atoms with van der Waals surface area (Å²) in [4.78, 5) is 30.8. The van der Waals surface area contributed by atoms with Gasteiger partial charge in [-0.3, -0.25) is 9.59 Å². The molecule has 0 bridgehead atoms. The number of amides is 1. The maximum Gasteiger partial charge on any atom is 0.274 e. The molecule has 35 heavy (non-hydrogen) atoms. The van der Waals surface area contributed by atoms with Crippen LogP contribution in [0.4, 0.5) is 17.3 Å². The van der Waals surface area contributed by atoms with E-state index < -0.39 is 6.10 Å². The van der Waals surface area contributed by atoms with Crippen LogP contribution in [0.2, 0.25) is 0 Å². The lowest BCUT2D eigenvalue weighted by Crippen LogP contribution is -2.33. The molecule has 4 N–H and O–H groups in total. The molecule has 3 aromatic heterocycles. The van der Waals surface area contributed by atoms with Crippen molar-refractivity contribution in [3.05, 3.63) is 46.5 Å². The number of methoxy groups -OCH3 is 1. The average molecular weight is 482 g/mol. The Hall–Kier alpha value is -3.44. The fourth-order valence-electron chi connectivity index (χ4n) is 5.16. The number of hydrogen-bond acceptors (Lipinski definition) is 8. The van der Waals surface area contributed by atoms with E-state index in [1.807, 2.05) is 0 Å². The second kappa shape index (κ2) is 9.67. The highest BCUT2D eigenvalue weighted by molar-refractivity contribution is 6.00. The van der Waals surface area contributed by atoms with E-state index in [1.165, 1.54) is 6.20 Å². The molecule has 3 heterocycles. The fraction of sp³-hybridized carbons (Fsp3) is 0.500. The Labute approximate surface area is 202 Å². The number of hydrogen-bond donors (Lipinski definition) is 4. The van der Waals surface area contributed by atoms with Crippen LogP contribution in [-0.4, -0.2) is 62.6 Å². The summed E-state index contributed by atoms with van der Waals surface area (Å²) >= 11 is 0. The van der Waals surface area contributed by atoms with Crippen molar-refractivity contribution in [1.82, 2.24) is 24.5 Å². The normalized spacial score (nSPS) is 24.1. The van der Waals surface area contributed by atoms with E-state index in [1.54, 1.807) is 47.6 Å². The summed E-state index contributed by atoms with van der Waals surface area (Å²) in [5.41, 5.74) is 0.838. The van der Waals surface area contributed by atoms with Crippen LogP contribution in [0.15, 0.2) is 35.4 Å². The van der Waals surface area contributed by atoms with Gasteiger partial charge in [0.15, 0.2) is 5.65 Å². The van der Waals surface area contributed by atoms with Crippen molar-refractivity contribution in [1.29, 1.82) is 0 Å². The number of carbonyl (C=O) groups is 1. The molecular formula is C24H31N7O4. The van der Waals surface area contributed by atoms with Crippen LogP contribution in [0.1, 0.15) is 54.9 Å². The minimum Gasteiger partial charge on any atom is -0.391 e. The molecule has 2 aliphatic carbocycles. The topological polar surface area (TPSA) is 135 Å². The maximum atomic E-state index is 13.1. The van der Waals surface area contributed by atoms with Gasteiger partial charge in [0.2, 0.25) is 0 Å². The summed E-state index contributed by atoms with van der Waals surface area (Å²) in [6.07, 6.45) is 7.74. The molecule has 4 atom stereocenters. The third-order valence-corrected chi connectivity index (χ3v) is 7.06. The molecule has 0 aliphatic heterocycles. The standard InChI is InChI=1S/C24H31N7O4/c1-25-21-12-20(28-17-5-4-10-30(24(17)34)18-6-3-7-19(18)32)29-22-16(13-26-31(21)22)23(33)27-14-8-9-15(11-14)35-2/h4-5,10,12-15,18-19,25,32H,3,6-9,11H2,1-2H3,(H,27,33)(H,28,29)/t14-,15-,18+,19-/m0/s1. The summed E-state index contributed by atoms with van der Waals surface area (Å²) in [6, 6.07) is 5.00. The Bertz CT molecular complexity index is 1290. The summed E-state index contributed by atoms with van der Waals surface area (Å²) in [6.45, 7) is 0. The van der Waals surface area contributed by atoms with Crippen LogP contribution < -0.4 is 21.5 Å². The van der Waals surface area contributed by atoms with Gasteiger partial charge >= 0.3 is 0 Å². The third-order valence-electron chi connectivity index (χ3n) is 7.06. The molecule has 0 spiro atoms. The van der Waals surface area contributed by atoms with Gasteiger partial charge in [0.1, 0.15) is 22.9 Å². The summed E-state index contributed by atoms with van der Waals surface area (Å²) in [5, 5.41) is 23.8. The predicted octanol–water partition coefficient (Wildman–Crippen LogP) is 2.06. The van der Waals surface area contributed by atoms with Gasteiger partial charge in [-0.2, -0.15) is 9.61 Å². The van der Waals surface area contributed by atoms with Crippen molar-refractivity contribution in [2.45, 2.75) is 62.8 Å². The Morgan fingerprint density at radius 1 is 1.26 bits per heavy atom. The first-order chi connectivity index (χ1) is 17.0. The zero-order valence-corrected chi connectivity index (χ0v) is 19.9. The van der Waals surface area contributed by atoms with Gasteiger partial charge in [-0.15, -0.1) is 0 Å². The lowest BCUT2D eigenvalue weighted by molar-refractivity contribution is 0.0916. The van der Waals surface area contributed by atoms with Crippen LogP contribution in [-0.2, 0) is 4.74 Å². The molecule has 3 aromatic rings. The highest BCUT2D eigenvalue weighted by Gasteiger charge is 2.29. The second-order valence-corrected chi connectivity index (χ2v) is 9.24. The fourth-order valence-corrected chi connectivity index (χ4v) is 5.16. The lowest BCUT2D eigenvalue weighted by atomic mass is 10.2. The van der Waals surface area contributed by atoms with Crippen molar-refractivity contribution in [2.75, 3.05) is 24.8 Å². The Balaban J connectivity index is 1.44. The summed E-state index contributed by atoms with van der Waals surface area (Å²) in [5.74, 6) is 0.767. The van der Waals surface area contributed by atoms with E-state index in [4.69, 9.17) is 4.74 Å². The van der Waals surface area contributed by atoms with Gasteiger partial charge in [-0.25, -0.2) is 4.98 Å². The highest BCUT2D eigenvalue weighted by Crippen LogP contribution is 2.29. The summed E-state index contributed by atoms with van der Waals surface area (Å²) in [7, 11) is 3.44. The Kier molecular flexibility index (Phi) is 6.44. The van der Waals surface area contributed by atoms with Gasteiger partial charge in [-0.1, -0.05) is 0 Å². The molecule has 1 amide bonds. The van der Waals surface area contributed by atoms with Crippen molar-refractivity contribution in [2.24, 2.45) is 0 Å². The van der Waals surface area contributed by atoms with E-state index in [2.05, 4.69) is 26.0 Å². The third kappa shape index (κ3) is 4.48. The average Bonchev–Trinajstić information content (AvgIpc) is 3.59. The first-order valence-corrected chi connectivity index (χ1v) is 12.0. The van der Waals surface area contributed by atoms with Crippen molar-refractivity contribution >= 4 is 28.9 Å². The number of rotatable bonds is 7. The first-order valence-electron chi connectivity index (χ1n) is 12.0. The number of nitrogens with zero attached hydrogens (tertiary/aromatic N) is 4. The molecular weight excluding hydrogens is 450 g/mol. The van der Waals surface area contributed by atoms with E-state index in [-0.39, 0.29) is 29.7 Å². The molecule has 0 saturated heterocycles. The number of ether oxygens (including phenoxy) is 1. The van der Waals surface area contributed by atoms with Crippen LogP contribution in [0.25, 0.3) is 5.65 Å². The van der Waals surface area contributed by atoms with Crippen molar-refractivity contribution in [3.8, 4) is 0 Å². The number of nitrogens with one attached hydrogen (secondary N) is 3. The number of pyridine rings is 1. The van der Waals surface area contributed by atoms with Gasteiger partial charge in [0, 0.05) is 32.5 Å². The van der Waals surface area contributed by atoms with Gasteiger partial charge in [0.05, 0.1) is 24.4 Å². The SMILES string of the molecule is CNc1cc(Nc2cccn([C@@H]3CCC[C@@H]3O)c2=O)nc2c(C(=O)N[C@H]3CC[C@H](OC)C3)cnn12. The molecule has 11 heteroatoms. The minimum atomic E-state index is -0.528. The smallest absolute Gasteiger partial charge is 0.274 e. The van der Waals surface area contributed by atoms with Crippen LogP contribution >= 0.6 is 0 Å². The molecule has 11 nitrogen and oxygen atoms in total. The number of fused-ring (bicyclic) bond motifs is 1. The number of aliphatic hydroxyl groups excluding tert-OH is 1. The Morgan fingerprint density at radius 2 is 2.11 bits per heavy atom. The molecule has 5 rings (SSSR count). The van der Waals surface area contributed by atoms with Crippen molar-refractivity contribution < 1.29 is 14.6 Å². The van der Waals surface area contributed by atoms with Crippen LogP contribution in [0.5, 0.6) is 0 Å². The van der Waals surface area contributed by atoms with Gasteiger partial charge < -0.3 is 30.4 Å². The number of anilines is 3. The number of aromatic nitrogens is 4. The van der Waals surface area contributed by atoms with E-state index in [0.717, 1.165) is 32.1 Å². The molecule has 0 radical (unpaired) electrons. The monoisotopic (exact) mass is 481 g/mol. The highest BCUT2D eigenvalue weighted by atomic mass is 16.5. The maximum absolute atomic E-state index is 13.1. The van der Waals surface area contributed by atoms with Crippen molar-refractivity contribution in [3.63, 3.8) is 0 Å². The molecule has 2 fully saturated rings. The molecule has 186 valence electrons. The lowest BCUT2D eigenvalue weighted by Gasteiger charge is -2.19. The van der Waals surface area contributed by atoms with E-state index >= 15 is 0 Å². The predicted molar refractivity (Wildman–Crippen MR) is 131 cm³/mol. The van der Waals surface area contributed by atoms with Gasteiger partial charge in [0.25, 0.3) is 11.5 Å². The Morgan fingerprint density at radius 3 is 2.83 bits per heavy atom. The molecule has 0 unspecified atom stereocenters. The zero-order chi connectivity index (χ0) is 24.5. The largest absolute Gasteiger partial charge is 0.391 e. The zero-order valence-electron chi connectivity index (χ0n) is 19.9.